The summed E-state index contributed by atoms with van der Waals surface area (Å²) in [5, 5.41) is 1.09. The number of alkyl halides is 1. The fourth-order valence-electron chi connectivity index (χ4n) is 4.85. The number of benzene rings is 2. The lowest BCUT2D eigenvalue weighted by Gasteiger charge is -2.34. The maximum atomic E-state index is 13.1. The largest absolute Gasteiger partial charge is 0.494 e. The van der Waals surface area contributed by atoms with E-state index in [1.807, 2.05) is 36.1 Å². The molecule has 4 rings (SSSR count). The number of hydrogen-bond donors (Lipinski definition) is 0. The molecular weight excluding hydrogens is 477 g/mol. The summed E-state index contributed by atoms with van der Waals surface area (Å²) in [5.74, 6) is 1.27. The minimum absolute atomic E-state index is 0.0372. The second kappa shape index (κ2) is 12.4. The number of aromatic nitrogens is 1. The van der Waals surface area contributed by atoms with Gasteiger partial charge in [-0.1, -0.05) is 12.1 Å². The molecule has 0 aliphatic carbocycles. The van der Waals surface area contributed by atoms with Crippen molar-refractivity contribution >= 4 is 34.5 Å². The first kappa shape index (κ1) is 26.2. The molecule has 3 aromatic rings. The molecule has 0 saturated carbocycles. The van der Waals surface area contributed by atoms with Gasteiger partial charge in [0.1, 0.15) is 11.6 Å². The van der Waals surface area contributed by atoms with Crippen molar-refractivity contribution < 1.29 is 13.9 Å². The summed E-state index contributed by atoms with van der Waals surface area (Å²) in [5.41, 5.74) is 4.43. The molecule has 7 heteroatoms. The highest BCUT2D eigenvalue weighted by Crippen LogP contribution is 2.31. The topological polar surface area (TPSA) is 37.7 Å². The van der Waals surface area contributed by atoms with E-state index in [0.29, 0.717) is 25.6 Å². The summed E-state index contributed by atoms with van der Waals surface area (Å²) in [6, 6.07) is 12.8. The van der Waals surface area contributed by atoms with E-state index in [-0.39, 0.29) is 11.7 Å². The third-order valence-corrected chi connectivity index (χ3v) is 7.14. The number of halogens is 2. The lowest BCUT2D eigenvalue weighted by Crippen LogP contribution is -2.48. The second-order valence-electron chi connectivity index (χ2n) is 9.18. The molecule has 1 aromatic heterocycles. The quantitative estimate of drug-likeness (QED) is 0.266. The molecule has 2 aromatic carbocycles. The van der Waals surface area contributed by atoms with Crippen molar-refractivity contribution in [2.75, 3.05) is 45.2 Å². The Bertz CT molecular complexity index is 1200. The predicted molar refractivity (Wildman–Crippen MR) is 145 cm³/mol. The van der Waals surface area contributed by atoms with Crippen LogP contribution in [-0.4, -0.2) is 65.5 Å². The van der Waals surface area contributed by atoms with Gasteiger partial charge in [0.05, 0.1) is 6.61 Å². The van der Waals surface area contributed by atoms with Gasteiger partial charge in [0.2, 0.25) is 5.91 Å². The van der Waals surface area contributed by atoms with Crippen LogP contribution in [0.3, 0.4) is 0 Å². The summed E-state index contributed by atoms with van der Waals surface area (Å²) in [7, 11) is 0. The molecule has 0 N–H and O–H groups in total. The van der Waals surface area contributed by atoms with E-state index in [0.717, 1.165) is 72.5 Å². The minimum Gasteiger partial charge on any atom is -0.494 e. The van der Waals surface area contributed by atoms with E-state index < -0.39 is 0 Å². The number of aryl methyl sites for hydroxylation is 1. The Labute approximate surface area is 218 Å². The lowest BCUT2D eigenvalue weighted by atomic mass is 10.1. The molecule has 0 radical (unpaired) electrons. The van der Waals surface area contributed by atoms with Gasteiger partial charge >= 0.3 is 0 Å². The number of piperazine rings is 1. The van der Waals surface area contributed by atoms with Crippen molar-refractivity contribution in [2.24, 2.45) is 0 Å². The Morgan fingerprint density at radius 2 is 1.83 bits per heavy atom. The zero-order chi connectivity index (χ0) is 25.5. The highest BCUT2D eigenvalue weighted by Gasteiger charge is 2.20. The van der Waals surface area contributed by atoms with Gasteiger partial charge in [-0.3, -0.25) is 9.69 Å². The van der Waals surface area contributed by atoms with Crippen LogP contribution in [0.25, 0.3) is 17.0 Å². The number of ether oxygens (including phenoxy) is 1. The maximum Gasteiger partial charge on any atom is 0.246 e. The van der Waals surface area contributed by atoms with E-state index in [1.165, 1.54) is 12.1 Å². The third kappa shape index (κ3) is 6.29. The molecule has 0 unspecified atom stereocenters. The van der Waals surface area contributed by atoms with Crippen LogP contribution in [-0.2, 0) is 17.8 Å². The standard InChI is InChI=1S/C29H35ClFN3O2/c1-3-36-25-9-11-28-27(21-25)26(22(2)34(28)15-4-14-30)10-12-29(35)33-19-17-32(18-20-33)16-13-23-5-7-24(31)8-6-23/h5-12,21H,3-4,13-20H2,1-2H3. The fraction of sp³-hybridized carbons (Fsp3) is 0.414. The number of carbonyl (C=O) groups excluding carboxylic acids is 1. The summed E-state index contributed by atoms with van der Waals surface area (Å²) in [6.45, 7) is 9.52. The first-order chi connectivity index (χ1) is 17.5. The zero-order valence-corrected chi connectivity index (χ0v) is 21.9. The van der Waals surface area contributed by atoms with Crippen molar-refractivity contribution in [1.82, 2.24) is 14.4 Å². The normalized spacial score (nSPS) is 14.7. The number of amides is 1. The Morgan fingerprint density at radius 3 is 2.53 bits per heavy atom. The molecule has 1 aliphatic rings. The average molecular weight is 512 g/mol. The van der Waals surface area contributed by atoms with Gasteiger partial charge in [-0.15, -0.1) is 11.6 Å². The van der Waals surface area contributed by atoms with Crippen molar-refractivity contribution in [3.8, 4) is 5.75 Å². The van der Waals surface area contributed by atoms with E-state index >= 15 is 0 Å². The molecule has 0 atom stereocenters. The smallest absolute Gasteiger partial charge is 0.246 e. The van der Waals surface area contributed by atoms with E-state index in [9.17, 15) is 9.18 Å². The van der Waals surface area contributed by atoms with Crippen molar-refractivity contribution in [1.29, 1.82) is 0 Å². The number of nitrogens with zero attached hydrogens (tertiary/aromatic N) is 3. The highest BCUT2D eigenvalue weighted by atomic mass is 35.5. The Kier molecular flexibility index (Phi) is 9.05. The van der Waals surface area contributed by atoms with Crippen molar-refractivity contribution in [3.63, 3.8) is 0 Å². The number of carbonyl (C=O) groups is 1. The molecule has 0 bridgehead atoms. The van der Waals surface area contributed by atoms with Gasteiger partial charge in [0, 0.05) is 73.4 Å². The zero-order valence-electron chi connectivity index (χ0n) is 21.2. The van der Waals surface area contributed by atoms with Gasteiger partial charge in [-0.2, -0.15) is 0 Å². The Hall–Kier alpha value is -2.83. The Morgan fingerprint density at radius 1 is 1.08 bits per heavy atom. The molecule has 0 spiro atoms. The SMILES string of the molecule is CCOc1ccc2c(c1)c(C=CC(=O)N1CCN(CCc3ccc(F)cc3)CC1)c(C)n2CCCCl. The third-order valence-electron chi connectivity index (χ3n) is 6.88. The van der Waals surface area contributed by atoms with E-state index in [2.05, 4.69) is 28.5 Å². The van der Waals surface area contributed by atoms with Crippen LogP contribution in [0.4, 0.5) is 4.39 Å². The van der Waals surface area contributed by atoms with Crippen LogP contribution < -0.4 is 4.74 Å². The van der Waals surface area contributed by atoms with Gasteiger partial charge in [0.25, 0.3) is 0 Å². The Balaban J connectivity index is 1.41. The van der Waals surface area contributed by atoms with Crippen molar-refractivity contribution in [2.45, 2.75) is 33.2 Å². The molecular formula is C29H35ClFN3O2. The van der Waals surface area contributed by atoms with Gasteiger partial charge in [0.15, 0.2) is 0 Å². The molecule has 2 heterocycles. The number of fused-ring (bicyclic) bond motifs is 1. The van der Waals surface area contributed by atoms with Crippen LogP contribution in [0, 0.1) is 12.7 Å². The van der Waals surface area contributed by atoms with Crippen LogP contribution in [0.1, 0.15) is 30.2 Å². The van der Waals surface area contributed by atoms with E-state index in [4.69, 9.17) is 16.3 Å². The molecule has 192 valence electrons. The molecule has 1 aliphatic heterocycles. The lowest BCUT2D eigenvalue weighted by molar-refractivity contribution is -0.127. The molecule has 36 heavy (non-hydrogen) atoms. The number of hydrogen-bond acceptors (Lipinski definition) is 3. The number of rotatable bonds is 10. The minimum atomic E-state index is -0.205. The monoisotopic (exact) mass is 511 g/mol. The highest BCUT2D eigenvalue weighted by molar-refractivity contribution is 6.17. The van der Waals surface area contributed by atoms with Crippen LogP contribution in [0.5, 0.6) is 5.75 Å². The average Bonchev–Trinajstić information content (AvgIpc) is 3.15. The summed E-state index contributed by atoms with van der Waals surface area (Å²) in [4.78, 5) is 17.3. The van der Waals surface area contributed by atoms with Crippen LogP contribution in [0.2, 0.25) is 0 Å². The molecule has 1 amide bonds. The first-order valence-electron chi connectivity index (χ1n) is 12.8. The van der Waals surface area contributed by atoms with Gasteiger partial charge in [-0.05, 0) is 68.7 Å². The van der Waals surface area contributed by atoms with Gasteiger partial charge in [-0.25, -0.2) is 4.39 Å². The summed E-state index contributed by atoms with van der Waals surface area (Å²) < 4.78 is 21.1. The predicted octanol–water partition coefficient (Wildman–Crippen LogP) is 5.52. The van der Waals surface area contributed by atoms with Crippen LogP contribution in [0.15, 0.2) is 48.5 Å². The summed E-state index contributed by atoms with van der Waals surface area (Å²) in [6.07, 6.45) is 5.42. The molecule has 1 fully saturated rings. The first-order valence-corrected chi connectivity index (χ1v) is 13.3. The molecule has 5 nitrogen and oxygen atoms in total. The van der Waals surface area contributed by atoms with E-state index in [1.54, 1.807) is 6.08 Å². The molecule has 1 saturated heterocycles. The van der Waals surface area contributed by atoms with Crippen molar-refractivity contribution in [3.05, 3.63) is 71.2 Å². The van der Waals surface area contributed by atoms with Crippen LogP contribution >= 0.6 is 11.6 Å². The summed E-state index contributed by atoms with van der Waals surface area (Å²) >= 11 is 5.97. The maximum absolute atomic E-state index is 13.1. The fourth-order valence-corrected chi connectivity index (χ4v) is 4.97. The van der Waals surface area contributed by atoms with Gasteiger partial charge < -0.3 is 14.2 Å². The second-order valence-corrected chi connectivity index (χ2v) is 9.56.